The highest BCUT2D eigenvalue weighted by atomic mass is 32.2. The summed E-state index contributed by atoms with van der Waals surface area (Å²) in [6.07, 6.45) is 5.78. The van der Waals surface area contributed by atoms with E-state index in [0.29, 0.717) is 33.6 Å². The van der Waals surface area contributed by atoms with Crippen molar-refractivity contribution in [2.45, 2.75) is 11.8 Å². The molecule has 0 unspecified atom stereocenters. The van der Waals surface area contributed by atoms with Crippen molar-refractivity contribution in [1.29, 1.82) is 5.26 Å². The second-order valence-corrected chi connectivity index (χ2v) is 9.15. The highest BCUT2D eigenvalue weighted by molar-refractivity contribution is 7.90. The Kier molecular flexibility index (Phi) is 4.79. The average Bonchev–Trinajstić information content (AvgIpc) is 2.99. The Morgan fingerprint density at radius 3 is 2.35 bits per heavy atom. The number of nitrogen functional groups attached to an aromatic ring is 1. The minimum absolute atomic E-state index is 0.121. The molecule has 1 aliphatic rings. The first-order chi connectivity index (χ1) is 14.7. The smallest absolute Gasteiger partial charge is 0.263 e. The van der Waals surface area contributed by atoms with Crippen LogP contribution in [0, 0.1) is 18.3 Å². The van der Waals surface area contributed by atoms with Crippen LogP contribution in [0.15, 0.2) is 53.7 Å². The molecule has 1 amide bonds. The van der Waals surface area contributed by atoms with E-state index in [9.17, 15) is 18.5 Å². The third-order valence-corrected chi connectivity index (χ3v) is 6.08. The number of rotatable bonds is 3. The van der Waals surface area contributed by atoms with Crippen LogP contribution in [-0.4, -0.2) is 30.5 Å². The summed E-state index contributed by atoms with van der Waals surface area (Å²) in [5.74, 6) is -0.191. The quantitative estimate of drug-likeness (QED) is 0.631. The van der Waals surface area contributed by atoms with E-state index < -0.39 is 9.84 Å². The van der Waals surface area contributed by atoms with Gasteiger partial charge in [0.15, 0.2) is 9.84 Å². The molecule has 0 atom stereocenters. The molecule has 0 radical (unpaired) electrons. The molecule has 9 heteroatoms. The highest BCUT2D eigenvalue weighted by Gasteiger charge is 2.34. The van der Waals surface area contributed by atoms with Gasteiger partial charge in [0.2, 0.25) is 5.95 Å². The first kappa shape index (κ1) is 20.3. The molecular formula is C22H17N5O3S. The molecule has 3 aromatic rings. The number of hydrogen-bond acceptors (Lipinski definition) is 7. The van der Waals surface area contributed by atoms with E-state index in [-0.39, 0.29) is 16.8 Å². The fourth-order valence-electron chi connectivity index (χ4n) is 3.39. The van der Waals surface area contributed by atoms with Crippen LogP contribution in [0.25, 0.3) is 11.6 Å². The number of sulfone groups is 1. The maximum absolute atomic E-state index is 13.4. The van der Waals surface area contributed by atoms with Gasteiger partial charge in [-0.25, -0.2) is 18.4 Å². The molecule has 31 heavy (non-hydrogen) atoms. The zero-order valence-electron chi connectivity index (χ0n) is 16.7. The van der Waals surface area contributed by atoms with Crippen molar-refractivity contribution in [3.63, 3.8) is 0 Å². The molecule has 2 aromatic carbocycles. The number of fused-ring (bicyclic) bond motifs is 1. The predicted molar refractivity (Wildman–Crippen MR) is 117 cm³/mol. The van der Waals surface area contributed by atoms with Crippen LogP contribution in [0.1, 0.15) is 22.3 Å². The Labute approximate surface area is 179 Å². The number of hydrogen-bond donors (Lipinski definition) is 1. The van der Waals surface area contributed by atoms with Gasteiger partial charge in [0.1, 0.15) is 0 Å². The van der Waals surface area contributed by atoms with E-state index in [2.05, 4.69) is 16.0 Å². The molecule has 0 saturated carbocycles. The summed E-state index contributed by atoms with van der Waals surface area (Å²) in [6, 6.07) is 11.7. The monoisotopic (exact) mass is 431 g/mol. The van der Waals surface area contributed by atoms with Crippen LogP contribution in [0.2, 0.25) is 0 Å². The van der Waals surface area contributed by atoms with Crippen LogP contribution in [0.3, 0.4) is 0 Å². The average molecular weight is 431 g/mol. The summed E-state index contributed by atoms with van der Waals surface area (Å²) < 4.78 is 23.6. The molecule has 0 saturated heterocycles. The number of amides is 1. The maximum Gasteiger partial charge on any atom is 0.263 e. The Balaban J connectivity index is 1.89. The predicted octanol–water partition coefficient (Wildman–Crippen LogP) is 2.86. The normalized spacial score (nSPS) is 14.5. The first-order valence-electron chi connectivity index (χ1n) is 9.18. The molecule has 0 aliphatic carbocycles. The van der Waals surface area contributed by atoms with E-state index in [1.54, 1.807) is 37.3 Å². The van der Waals surface area contributed by atoms with E-state index in [1.807, 2.05) is 0 Å². The number of aromatic nitrogens is 2. The summed E-state index contributed by atoms with van der Waals surface area (Å²) in [5, 5.41) is 9.45. The molecule has 0 fully saturated rings. The second-order valence-electron chi connectivity index (χ2n) is 7.14. The standard InChI is InChI=1S/C22H17N5O3S/c1-13-7-20-18(9-15(13)10-23)19(8-14-11-25-22(24)26-12-14)21(28)27(20)16-3-5-17(6-4-16)31(2,29)30/h3-9,11-12H,1-2H3,(H2,24,25,26). The molecule has 2 N–H and O–H groups in total. The Hall–Kier alpha value is -4.03. The lowest BCUT2D eigenvalue weighted by Crippen LogP contribution is -2.20. The largest absolute Gasteiger partial charge is 0.368 e. The van der Waals surface area contributed by atoms with Crippen LogP contribution >= 0.6 is 0 Å². The van der Waals surface area contributed by atoms with Crippen molar-refractivity contribution in [2.75, 3.05) is 16.9 Å². The van der Waals surface area contributed by atoms with Gasteiger partial charge >= 0.3 is 0 Å². The minimum atomic E-state index is -3.36. The summed E-state index contributed by atoms with van der Waals surface area (Å²) >= 11 is 0. The van der Waals surface area contributed by atoms with Crippen molar-refractivity contribution in [3.05, 3.63) is 71.0 Å². The molecule has 2 heterocycles. The molecule has 1 aromatic heterocycles. The van der Waals surface area contributed by atoms with Crippen molar-refractivity contribution in [1.82, 2.24) is 9.97 Å². The van der Waals surface area contributed by atoms with Gasteiger partial charge in [-0.1, -0.05) is 0 Å². The van der Waals surface area contributed by atoms with Gasteiger partial charge in [0, 0.05) is 35.5 Å². The molecular weight excluding hydrogens is 414 g/mol. The van der Waals surface area contributed by atoms with E-state index >= 15 is 0 Å². The molecule has 8 nitrogen and oxygen atoms in total. The van der Waals surface area contributed by atoms with Crippen molar-refractivity contribution < 1.29 is 13.2 Å². The van der Waals surface area contributed by atoms with Gasteiger partial charge < -0.3 is 5.73 Å². The van der Waals surface area contributed by atoms with Crippen LogP contribution < -0.4 is 10.6 Å². The Morgan fingerprint density at radius 2 is 1.77 bits per heavy atom. The summed E-state index contributed by atoms with van der Waals surface area (Å²) in [7, 11) is -3.36. The van der Waals surface area contributed by atoms with Gasteiger partial charge in [0.25, 0.3) is 5.91 Å². The minimum Gasteiger partial charge on any atom is -0.368 e. The zero-order valence-corrected chi connectivity index (χ0v) is 17.5. The summed E-state index contributed by atoms with van der Waals surface area (Å²) in [5.41, 5.74) is 9.38. The number of nitrogens with two attached hydrogens (primary N) is 1. The van der Waals surface area contributed by atoms with Crippen molar-refractivity contribution in [2.24, 2.45) is 0 Å². The molecule has 0 spiro atoms. The maximum atomic E-state index is 13.4. The van der Waals surface area contributed by atoms with E-state index in [0.717, 1.165) is 11.8 Å². The lowest BCUT2D eigenvalue weighted by molar-refractivity contribution is -0.112. The number of benzene rings is 2. The fourth-order valence-corrected chi connectivity index (χ4v) is 4.02. The van der Waals surface area contributed by atoms with Gasteiger partial charge in [-0.3, -0.25) is 9.69 Å². The molecule has 154 valence electrons. The third-order valence-electron chi connectivity index (χ3n) is 4.95. The summed E-state index contributed by atoms with van der Waals surface area (Å²) in [6.45, 7) is 1.80. The lowest BCUT2D eigenvalue weighted by Gasteiger charge is -2.18. The number of anilines is 3. The van der Waals surface area contributed by atoms with Gasteiger partial charge in [-0.2, -0.15) is 5.26 Å². The van der Waals surface area contributed by atoms with Gasteiger partial charge in [-0.05, 0) is 55.0 Å². The van der Waals surface area contributed by atoms with Crippen LogP contribution in [0.5, 0.6) is 0 Å². The van der Waals surface area contributed by atoms with Gasteiger partial charge in [0.05, 0.1) is 27.8 Å². The first-order valence-corrected chi connectivity index (χ1v) is 11.1. The van der Waals surface area contributed by atoms with E-state index in [4.69, 9.17) is 5.73 Å². The highest BCUT2D eigenvalue weighted by Crippen LogP contribution is 2.43. The third kappa shape index (κ3) is 3.65. The Bertz CT molecular complexity index is 1390. The van der Waals surface area contributed by atoms with Crippen LogP contribution in [0.4, 0.5) is 17.3 Å². The van der Waals surface area contributed by atoms with Gasteiger partial charge in [-0.15, -0.1) is 0 Å². The second kappa shape index (κ2) is 7.34. The molecule has 4 rings (SSSR count). The Morgan fingerprint density at radius 1 is 1.13 bits per heavy atom. The number of nitriles is 1. The van der Waals surface area contributed by atoms with Crippen LogP contribution in [-0.2, 0) is 14.6 Å². The number of carbonyl (C=O) groups is 1. The topological polar surface area (TPSA) is 130 Å². The lowest BCUT2D eigenvalue weighted by atomic mass is 9.99. The fraction of sp³-hybridized carbons (Fsp3) is 0.0909. The number of aryl methyl sites for hydroxylation is 1. The van der Waals surface area contributed by atoms with Crippen molar-refractivity contribution >= 4 is 44.7 Å². The number of carbonyl (C=O) groups excluding carboxylic acids is 1. The summed E-state index contributed by atoms with van der Waals surface area (Å²) in [4.78, 5) is 23.0. The van der Waals surface area contributed by atoms with E-state index in [1.165, 1.54) is 29.4 Å². The van der Waals surface area contributed by atoms with Crippen molar-refractivity contribution in [3.8, 4) is 6.07 Å². The number of nitrogens with zero attached hydrogens (tertiary/aromatic N) is 4. The molecule has 1 aliphatic heterocycles. The zero-order chi connectivity index (χ0) is 22.3. The molecule has 0 bridgehead atoms. The SMILES string of the molecule is Cc1cc2c(cc1C#N)C(=Cc1cnc(N)nc1)C(=O)N2c1ccc(S(C)(=O)=O)cc1.